The van der Waals surface area contributed by atoms with Crippen molar-refractivity contribution in [3.8, 4) is 44.9 Å². The third-order valence-electron chi connectivity index (χ3n) is 14.3. The van der Waals surface area contributed by atoms with Crippen LogP contribution in [0.3, 0.4) is 0 Å². The van der Waals surface area contributed by atoms with E-state index >= 15 is 0 Å². The summed E-state index contributed by atoms with van der Waals surface area (Å²) in [6, 6.07) is 87.1. The van der Waals surface area contributed by atoms with Gasteiger partial charge < -0.3 is 18.6 Å². The van der Waals surface area contributed by atoms with Gasteiger partial charge in [0.1, 0.15) is 22.7 Å². The Balaban J connectivity index is 0.838. The van der Waals surface area contributed by atoms with Crippen molar-refractivity contribution < 1.29 is 8.83 Å². The number of anilines is 6. The molecule has 0 aliphatic heterocycles. The van der Waals surface area contributed by atoms with Gasteiger partial charge in [-0.25, -0.2) is 0 Å². The minimum Gasteiger partial charge on any atom is -0.456 e. The van der Waals surface area contributed by atoms with E-state index in [9.17, 15) is 0 Å². The zero-order chi connectivity index (χ0) is 50.6. The molecule has 10 aromatic carbocycles. The number of nitrogens with zero attached hydrogens (tertiary/aromatic N) is 2. The summed E-state index contributed by atoms with van der Waals surface area (Å²) in [7, 11) is 0. The lowest BCUT2D eigenvalue weighted by molar-refractivity contribution is 0.590. The quantitative estimate of drug-likeness (QED) is 0.137. The van der Waals surface area contributed by atoms with Crippen LogP contribution in [0.15, 0.2) is 251 Å². The number of benzene rings is 10. The molecular weight excluding hydrogens is 901 g/mol. The largest absolute Gasteiger partial charge is 0.456 e. The lowest BCUT2D eigenvalue weighted by Crippen LogP contribution is -2.14. The first-order chi connectivity index (χ1) is 35.9. The minimum absolute atomic E-state index is 0.00578. The van der Waals surface area contributed by atoms with E-state index in [4.69, 9.17) is 8.83 Å². The highest BCUT2D eigenvalue weighted by Gasteiger charge is 2.21. The van der Waals surface area contributed by atoms with Gasteiger partial charge in [0, 0.05) is 56.0 Å². The van der Waals surface area contributed by atoms with Gasteiger partial charge in [0.25, 0.3) is 0 Å². The average molecular weight is 959 g/mol. The van der Waals surface area contributed by atoms with Crippen LogP contribution in [0.4, 0.5) is 34.1 Å². The summed E-state index contributed by atoms with van der Waals surface area (Å²) in [6.07, 6.45) is 0. The van der Waals surface area contributed by atoms with Crippen LogP contribution >= 0.6 is 0 Å². The van der Waals surface area contributed by atoms with Gasteiger partial charge in [-0.1, -0.05) is 151 Å². The Morgan fingerprint density at radius 1 is 0.257 bits per heavy atom. The maximum Gasteiger partial charge on any atom is 0.135 e. The van der Waals surface area contributed by atoms with E-state index < -0.39 is 0 Å². The Bertz CT molecular complexity index is 3640. The lowest BCUT2D eigenvalue weighted by atomic mass is 9.87. The maximum atomic E-state index is 6.64. The van der Waals surface area contributed by atoms with Crippen molar-refractivity contribution >= 4 is 66.8 Å². The molecule has 0 radical (unpaired) electrons. The highest BCUT2D eigenvalue weighted by atomic mass is 16.3. The molecule has 0 aliphatic carbocycles. The van der Waals surface area contributed by atoms with Crippen LogP contribution in [-0.4, -0.2) is 0 Å². The summed E-state index contributed by atoms with van der Waals surface area (Å²) in [6.45, 7) is 13.6. The van der Waals surface area contributed by atoms with Gasteiger partial charge in [0.15, 0.2) is 0 Å². The van der Waals surface area contributed by atoms with Crippen LogP contribution in [0.5, 0.6) is 0 Å². The molecule has 0 unspecified atom stereocenters. The SMILES string of the molecule is CC(C)(C)c1cccc(N(c2ccc(-c3cc4cc5cc6oc(-c7ccc(N(c8cccc(-c9ccccc9)c8)c8cccc(C(C)(C)C)c8)cc7)cc6cc5cc4o3)cc2)c2cccc(-c3ccccc3)c2)c1. The Hall–Kier alpha value is -8.86. The molecular formula is C70H58N2O2. The molecule has 0 saturated heterocycles. The molecule has 0 atom stereocenters. The number of fused-ring (bicyclic) bond motifs is 3. The maximum absolute atomic E-state index is 6.64. The summed E-state index contributed by atoms with van der Waals surface area (Å²) >= 11 is 0. The van der Waals surface area contributed by atoms with E-state index in [0.29, 0.717) is 0 Å². The Morgan fingerprint density at radius 3 is 0.986 bits per heavy atom. The summed E-state index contributed by atoms with van der Waals surface area (Å²) in [5.74, 6) is 1.65. The molecule has 360 valence electrons. The van der Waals surface area contributed by atoms with Crippen LogP contribution in [-0.2, 0) is 10.8 Å². The molecule has 0 saturated carbocycles. The second-order valence-corrected chi connectivity index (χ2v) is 21.5. The van der Waals surface area contributed by atoms with Crippen molar-refractivity contribution in [2.75, 3.05) is 9.80 Å². The first-order valence-corrected chi connectivity index (χ1v) is 25.6. The standard InChI is InChI=1S/C70H58N2O2/c1-69(2,3)57-23-15-27-63(45-57)71(61-25-13-21-51(39-61)47-17-9-7-10-18-47)59-33-29-49(30-34-59)65-43-55-37-53-42-68-56(38-54(53)41-67(55)73-65)44-66(74-68)50-31-35-60(36-32-50)72(64-28-16-24-58(46-64)70(4,5)6)62-26-14-22-52(40-62)48-19-11-8-12-20-48/h7-46H,1-6H3. The minimum atomic E-state index is 0.00578. The van der Waals surface area contributed by atoms with E-state index in [1.165, 1.54) is 33.4 Å². The van der Waals surface area contributed by atoms with Gasteiger partial charge in [-0.2, -0.15) is 0 Å². The molecule has 0 spiro atoms. The normalized spacial score (nSPS) is 11.9. The zero-order valence-electron chi connectivity index (χ0n) is 42.8. The second-order valence-electron chi connectivity index (χ2n) is 21.5. The topological polar surface area (TPSA) is 32.8 Å². The lowest BCUT2D eigenvalue weighted by Gasteiger charge is -2.28. The number of hydrogen-bond acceptors (Lipinski definition) is 4. The van der Waals surface area contributed by atoms with E-state index in [-0.39, 0.29) is 10.8 Å². The van der Waals surface area contributed by atoms with E-state index in [2.05, 4.69) is 294 Å². The van der Waals surface area contributed by atoms with Crippen molar-refractivity contribution in [3.05, 3.63) is 254 Å². The first kappa shape index (κ1) is 46.2. The monoisotopic (exact) mass is 958 g/mol. The van der Waals surface area contributed by atoms with E-state index in [1.807, 2.05) is 0 Å². The molecule has 74 heavy (non-hydrogen) atoms. The third kappa shape index (κ3) is 9.16. The van der Waals surface area contributed by atoms with Gasteiger partial charge in [-0.3, -0.25) is 0 Å². The van der Waals surface area contributed by atoms with Crippen molar-refractivity contribution in [2.24, 2.45) is 0 Å². The zero-order valence-corrected chi connectivity index (χ0v) is 42.8. The Labute approximate surface area is 434 Å². The Morgan fingerprint density at radius 2 is 0.608 bits per heavy atom. The molecule has 4 heteroatoms. The predicted octanol–water partition coefficient (Wildman–Crippen LogP) is 20.5. The molecule has 0 bridgehead atoms. The molecule has 2 aromatic heterocycles. The molecule has 0 N–H and O–H groups in total. The molecule has 2 heterocycles. The average Bonchev–Trinajstić information content (AvgIpc) is 4.04. The summed E-state index contributed by atoms with van der Waals surface area (Å²) in [5.41, 5.74) is 17.6. The van der Waals surface area contributed by atoms with Crippen LogP contribution in [0.25, 0.3) is 77.6 Å². The predicted molar refractivity (Wildman–Crippen MR) is 312 cm³/mol. The fourth-order valence-electron chi connectivity index (χ4n) is 10.2. The van der Waals surface area contributed by atoms with Crippen molar-refractivity contribution in [2.45, 2.75) is 52.4 Å². The molecule has 0 fully saturated rings. The molecule has 0 aliphatic rings. The van der Waals surface area contributed by atoms with Gasteiger partial charge in [-0.05, 0) is 188 Å². The number of rotatable bonds is 10. The molecule has 12 rings (SSSR count). The second kappa shape index (κ2) is 18.6. The van der Waals surface area contributed by atoms with Crippen LogP contribution < -0.4 is 9.80 Å². The summed E-state index contributed by atoms with van der Waals surface area (Å²) in [5, 5.41) is 4.29. The van der Waals surface area contributed by atoms with E-state index in [1.54, 1.807) is 0 Å². The first-order valence-electron chi connectivity index (χ1n) is 25.6. The van der Waals surface area contributed by atoms with Crippen molar-refractivity contribution in [1.29, 1.82) is 0 Å². The van der Waals surface area contributed by atoms with Gasteiger partial charge in [0.05, 0.1) is 0 Å². The molecule has 12 aromatic rings. The number of furan rings is 2. The van der Waals surface area contributed by atoms with Crippen LogP contribution in [0.1, 0.15) is 52.7 Å². The fourth-order valence-corrected chi connectivity index (χ4v) is 10.2. The van der Waals surface area contributed by atoms with Crippen LogP contribution in [0, 0.1) is 0 Å². The van der Waals surface area contributed by atoms with Gasteiger partial charge in [0.2, 0.25) is 0 Å². The summed E-state index contributed by atoms with van der Waals surface area (Å²) in [4.78, 5) is 4.70. The van der Waals surface area contributed by atoms with Crippen molar-refractivity contribution in [1.82, 2.24) is 0 Å². The molecule has 4 nitrogen and oxygen atoms in total. The summed E-state index contributed by atoms with van der Waals surface area (Å²) < 4.78 is 13.3. The van der Waals surface area contributed by atoms with Crippen molar-refractivity contribution in [3.63, 3.8) is 0 Å². The molecule has 0 amide bonds. The van der Waals surface area contributed by atoms with Gasteiger partial charge >= 0.3 is 0 Å². The highest BCUT2D eigenvalue weighted by molar-refractivity contribution is 6.04. The van der Waals surface area contributed by atoms with E-state index in [0.717, 1.165) is 89.5 Å². The highest BCUT2D eigenvalue weighted by Crippen LogP contribution is 2.43. The fraction of sp³-hybridized carbons (Fsp3) is 0.114. The number of hydrogen-bond donors (Lipinski definition) is 0. The smallest absolute Gasteiger partial charge is 0.135 e. The Kier molecular flexibility index (Phi) is 11.6. The van der Waals surface area contributed by atoms with Crippen LogP contribution in [0.2, 0.25) is 0 Å². The third-order valence-corrected chi connectivity index (χ3v) is 14.3. The van der Waals surface area contributed by atoms with Gasteiger partial charge in [-0.15, -0.1) is 0 Å².